The first-order chi connectivity index (χ1) is 9.84. The minimum atomic E-state index is -0.431. The Hall–Kier alpha value is -2.13. The Kier molecular flexibility index (Phi) is 3.52. The quantitative estimate of drug-likeness (QED) is 0.927. The molecule has 3 heteroatoms. The summed E-state index contributed by atoms with van der Waals surface area (Å²) >= 11 is 0. The van der Waals surface area contributed by atoms with Gasteiger partial charge in [-0.25, -0.2) is 0 Å². The Morgan fingerprint density at radius 3 is 2.20 bits per heavy atom. The molecule has 1 aliphatic heterocycles. The smallest absolute Gasteiger partial charge is 0.216 e. The van der Waals surface area contributed by atoms with Crippen LogP contribution in [0.3, 0.4) is 0 Å². The Morgan fingerprint density at radius 2 is 1.65 bits per heavy atom. The summed E-state index contributed by atoms with van der Waals surface area (Å²) in [4.78, 5) is 4.53. The molecule has 0 fully saturated rings. The highest BCUT2D eigenvalue weighted by atomic mass is 16.5. The predicted octanol–water partition coefficient (Wildman–Crippen LogP) is 2.39. The van der Waals surface area contributed by atoms with Crippen molar-refractivity contribution in [2.24, 2.45) is 4.99 Å². The summed E-state index contributed by atoms with van der Waals surface area (Å²) in [5, 5.41) is 9.80. The first-order valence-corrected chi connectivity index (χ1v) is 6.73. The Balaban J connectivity index is 1.88. The van der Waals surface area contributed by atoms with Crippen LogP contribution in [0.25, 0.3) is 0 Å². The van der Waals surface area contributed by atoms with Gasteiger partial charge in [-0.05, 0) is 17.7 Å². The molecule has 0 saturated carbocycles. The summed E-state index contributed by atoms with van der Waals surface area (Å²) < 4.78 is 5.82. The summed E-state index contributed by atoms with van der Waals surface area (Å²) in [5.41, 5.74) is 1.62. The van der Waals surface area contributed by atoms with Crippen LogP contribution < -0.4 is 0 Å². The lowest BCUT2D eigenvalue weighted by Crippen LogP contribution is -2.43. The van der Waals surface area contributed by atoms with Crippen molar-refractivity contribution in [3.05, 3.63) is 71.8 Å². The first kappa shape index (κ1) is 12.9. The number of aliphatic hydroxyl groups excluding tert-OH is 1. The zero-order valence-electron chi connectivity index (χ0n) is 11.2. The Morgan fingerprint density at radius 1 is 1.00 bits per heavy atom. The Labute approximate surface area is 118 Å². The van der Waals surface area contributed by atoms with Crippen LogP contribution in [0.4, 0.5) is 0 Å². The molecule has 3 nitrogen and oxygen atoms in total. The molecule has 0 amide bonds. The molecule has 0 spiro atoms. The third-order valence-electron chi connectivity index (χ3n) is 3.72. The summed E-state index contributed by atoms with van der Waals surface area (Å²) in [6, 6.07) is 19.8. The van der Waals surface area contributed by atoms with Crippen LogP contribution in [0, 0.1) is 0 Å². The van der Waals surface area contributed by atoms with Crippen molar-refractivity contribution in [2.75, 3.05) is 19.8 Å². The Bertz CT molecular complexity index is 595. The molecule has 1 aliphatic rings. The molecule has 3 rings (SSSR count). The van der Waals surface area contributed by atoms with Crippen molar-refractivity contribution < 1.29 is 9.84 Å². The van der Waals surface area contributed by atoms with E-state index in [9.17, 15) is 5.11 Å². The van der Waals surface area contributed by atoms with E-state index < -0.39 is 5.41 Å². The van der Waals surface area contributed by atoms with Crippen molar-refractivity contribution in [3.8, 4) is 0 Å². The number of hydrogen-bond acceptors (Lipinski definition) is 3. The minimum Gasteiger partial charge on any atom is -0.476 e. The number of aliphatic hydroxyl groups is 1. The first-order valence-electron chi connectivity index (χ1n) is 6.73. The molecule has 0 saturated heterocycles. The van der Waals surface area contributed by atoms with Crippen molar-refractivity contribution in [2.45, 2.75) is 5.41 Å². The van der Waals surface area contributed by atoms with E-state index in [1.54, 1.807) is 0 Å². The third-order valence-corrected chi connectivity index (χ3v) is 3.72. The average molecular weight is 267 g/mol. The molecule has 1 N–H and O–H groups in total. The lowest BCUT2D eigenvalue weighted by molar-refractivity contribution is 0.116. The van der Waals surface area contributed by atoms with E-state index in [0.717, 1.165) is 11.1 Å². The molecular weight excluding hydrogens is 250 g/mol. The van der Waals surface area contributed by atoms with E-state index in [1.165, 1.54) is 0 Å². The van der Waals surface area contributed by atoms with Gasteiger partial charge < -0.3 is 9.84 Å². The van der Waals surface area contributed by atoms with Crippen LogP contribution in [0.2, 0.25) is 0 Å². The van der Waals surface area contributed by atoms with E-state index in [2.05, 4.69) is 4.99 Å². The van der Waals surface area contributed by atoms with Gasteiger partial charge in [-0.15, -0.1) is 0 Å². The number of ether oxygens (including phenoxy) is 1. The monoisotopic (exact) mass is 267 g/mol. The molecule has 2 aromatic rings. The molecule has 1 heterocycles. The maximum absolute atomic E-state index is 9.80. The fraction of sp³-hybridized carbons (Fsp3) is 0.235. The van der Waals surface area contributed by atoms with Crippen LogP contribution >= 0.6 is 0 Å². The van der Waals surface area contributed by atoms with E-state index in [4.69, 9.17) is 4.74 Å². The van der Waals surface area contributed by atoms with Crippen molar-refractivity contribution in [1.29, 1.82) is 0 Å². The molecular formula is C17H17NO2. The van der Waals surface area contributed by atoms with Gasteiger partial charge in [-0.3, -0.25) is 4.99 Å². The van der Waals surface area contributed by atoms with E-state index in [1.807, 2.05) is 60.7 Å². The molecule has 0 aromatic heterocycles. The summed E-state index contributed by atoms with van der Waals surface area (Å²) in [7, 11) is 0. The summed E-state index contributed by atoms with van der Waals surface area (Å²) in [6.45, 7) is 1.02. The molecule has 2 aromatic carbocycles. The lowest BCUT2D eigenvalue weighted by atomic mass is 9.81. The van der Waals surface area contributed by atoms with Gasteiger partial charge in [0.1, 0.15) is 6.61 Å². The number of nitrogens with zero attached hydrogens (tertiary/aromatic N) is 1. The highest BCUT2D eigenvalue weighted by Crippen LogP contribution is 2.28. The van der Waals surface area contributed by atoms with Crippen LogP contribution in [-0.4, -0.2) is 30.8 Å². The topological polar surface area (TPSA) is 41.8 Å². The summed E-state index contributed by atoms with van der Waals surface area (Å²) in [6.07, 6.45) is 0. The molecule has 0 radical (unpaired) electrons. The minimum absolute atomic E-state index is 0.0303. The molecule has 0 aliphatic carbocycles. The zero-order valence-corrected chi connectivity index (χ0v) is 11.2. The van der Waals surface area contributed by atoms with Gasteiger partial charge >= 0.3 is 0 Å². The van der Waals surface area contributed by atoms with Gasteiger partial charge in [0.25, 0.3) is 0 Å². The highest BCUT2D eigenvalue weighted by molar-refractivity contribution is 5.94. The maximum atomic E-state index is 9.80. The molecule has 0 bridgehead atoms. The van der Waals surface area contributed by atoms with Crippen molar-refractivity contribution in [3.63, 3.8) is 0 Å². The largest absolute Gasteiger partial charge is 0.476 e. The van der Waals surface area contributed by atoms with Crippen LogP contribution in [0.5, 0.6) is 0 Å². The number of hydrogen-bond donors (Lipinski definition) is 1. The van der Waals surface area contributed by atoms with Crippen LogP contribution in [-0.2, 0) is 10.2 Å². The lowest BCUT2D eigenvalue weighted by Gasteiger charge is -2.34. The molecule has 1 unspecified atom stereocenters. The molecule has 102 valence electrons. The summed E-state index contributed by atoms with van der Waals surface area (Å²) in [5.74, 6) is 0.658. The van der Waals surface area contributed by atoms with Crippen molar-refractivity contribution >= 4 is 5.90 Å². The normalized spacial score (nSPS) is 21.9. The number of benzene rings is 2. The van der Waals surface area contributed by atoms with E-state index in [0.29, 0.717) is 19.0 Å². The van der Waals surface area contributed by atoms with Gasteiger partial charge in [-0.1, -0.05) is 48.5 Å². The van der Waals surface area contributed by atoms with Gasteiger partial charge in [0.2, 0.25) is 5.90 Å². The van der Waals surface area contributed by atoms with Gasteiger partial charge in [0.15, 0.2) is 0 Å². The fourth-order valence-corrected chi connectivity index (χ4v) is 2.43. The number of aliphatic imine (C=N–C) groups is 1. The van der Waals surface area contributed by atoms with Gasteiger partial charge in [0.05, 0.1) is 18.6 Å². The predicted molar refractivity (Wildman–Crippen MR) is 79.0 cm³/mol. The second-order valence-electron chi connectivity index (χ2n) is 5.08. The van der Waals surface area contributed by atoms with Crippen LogP contribution in [0.15, 0.2) is 65.7 Å². The van der Waals surface area contributed by atoms with Gasteiger partial charge in [0, 0.05) is 5.56 Å². The maximum Gasteiger partial charge on any atom is 0.216 e. The second kappa shape index (κ2) is 5.47. The molecule has 20 heavy (non-hydrogen) atoms. The van der Waals surface area contributed by atoms with Crippen LogP contribution in [0.1, 0.15) is 11.1 Å². The second-order valence-corrected chi connectivity index (χ2v) is 5.08. The van der Waals surface area contributed by atoms with E-state index in [-0.39, 0.29) is 6.61 Å². The average Bonchev–Trinajstić information content (AvgIpc) is 2.56. The standard InChI is InChI=1S/C17H17NO2/c19-12-17(15-9-5-2-6-10-15)11-18-16(20-13-17)14-7-3-1-4-8-14/h1-10,19H,11-13H2. The van der Waals surface area contributed by atoms with E-state index >= 15 is 0 Å². The zero-order chi connectivity index (χ0) is 13.8. The fourth-order valence-electron chi connectivity index (χ4n) is 2.43. The van der Waals surface area contributed by atoms with Gasteiger partial charge in [-0.2, -0.15) is 0 Å². The third kappa shape index (κ3) is 2.32. The van der Waals surface area contributed by atoms with Crippen molar-refractivity contribution in [1.82, 2.24) is 0 Å². The SMILES string of the molecule is OCC1(c2ccccc2)CN=C(c2ccccc2)OC1. The number of rotatable bonds is 3. The highest BCUT2D eigenvalue weighted by Gasteiger charge is 2.36. The molecule has 1 atom stereocenters.